The third-order valence-electron chi connectivity index (χ3n) is 4.22. The van der Waals surface area contributed by atoms with Gasteiger partial charge < -0.3 is 15.0 Å². The van der Waals surface area contributed by atoms with Gasteiger partial charge in [-0.3, -0.25) is 14.7 Å². The number of amides is 2. The third-order valence-corrected chi connectivity index (χ3v) is 4.39. The van der Waals surface area contributed by atoms with Gasteiger partial charge in [-0.1, -0.05) is 0 Å². The van der Waals surface area contributed by atoms with E-state index in [1.54, 1.807) is 0 Å². The Morgan fingerprint density at radius 2 is 2.18 bits per heavy atom. The van der Waals surface area contributed by atoms with Gasteiger partial charge in [0.05, 0.1) is 5.60 Å². The summed E-state index contributed by atoms with van der Waals surface area (Å²) in [5, 5.41) is 9.42. The molecule has 0 aliphatic carbocycles. The first kappa shape index (κ1) is 15.2. The Balaban J connectivity index is 1.46. The molecule has 2 aliphatic heterocycles. The van der Waals surface area contributed by atoms with Gasteiger partial charge in [-0.05, 0) is 24.4 Å². The normalized spacial score (nSPS) is 21.0. The summed E-state index contributed by atoms with van der Waals surface area (Å²) in [6.07, 6.45) is 2.35. The number of carbonyl (C=O) groups is 2. The summed E-state index contributed by atoms with van der Waals surface area (Å²) in [5.74, 6) is 0.627. The van der Waals surface area contributed by atoms with E-state index < -0.39 is 0 Å². The molecule has 0 bridgehead atoms. The van der Waals surface area contributed by atoms with Crippen LogP contribution in [0.25, 0.3) is 0 Å². The zero-order valence-corrected chi connectivity index (χ0v) is 12.9. The van der Waals surface area contributed by atoms with Gasteiger partial charge in [0.25, 0.3) is 0 Å². The zero-order chi connectivity index (χ0) is 15.6. The van der Waals surface area contributed by atoms with Crippen LogP contribution in [0.1, 0.15) is 25.1 Å². The summed E-state index contributed by atoms with van der Waals surface area (Å²) in [6.45, 7) is 1.93. The molecule has 3 rings (SSSR count). The summed E-state index contributed by atoms with van der Waals surface area (Å²) in [6, 6.07) is 0. The highest BCUT2D eigenvalue weighted by Gasteiger charge is 2.39. The number of H-pyrrole nitrogens is 1. The number of morpholine rings is 1. The lowest BCUT2D eigenvalue weighted by Gasteiger charge is -2.43. The monoisotopic (exact) mass is 327 g/mol. The molecule has 9 heteroatoms. The van der Waals surface area contributed by atoms with Crippen LogP contribution in [0.2, 0.25) is 5.28 Å². The molecule has 8 nitrogen and oxygen atoms in total. The van der Waals surface area contributed by atoms with Crippen LogP contribution in [0.4, 0.5) is 0 Å². The maximum Gasteiger partial charge on any atom is 0.246 e. The molecule has 0 unspecified atom stereocenters. The number of aromatic nitrogens is 3. The lowest BCUT2D eigenvalue weighted by molar-refractivity contribution is -0.154. The SMILES string of the molecule is O=C1COC2(CCN(C(=O)CCc3nc(Cl)n[nH]3)CC2)CN1. The molecule has 1 aromatic heterocycles. The summed E-state index contributed by atoms with van der Waals surface area (Å²) >= 11 is 5.62. The Labute approximate surface area is 132 Å². The smallest absolute Gasteiger partial charge is 0.246 e. The van der Waals surface area contributed by atoms with Crippen molar-refractivity contribution in [1.82, 2.24) is 25.4 Å². The molecule has 22 heavy (non-hydrogen) atoms. The minimum absolute atomic E-state index is 0.0742. The zero-order valence-electron chi connectivity index (χ0n) is 12.1. The summed E-state index contributed by atoms with van der Waals surface area (Å²) < 4.78 is 5.69. The summed E-state index contributed by atoms with van der Waals surface area (Å²) in [4.78, 5) is 29.2. The molecule has 2 saturated heterocycles. The number of rotatable bonds is 3. The molecule has 2 amide bonds. The van der Waals surface area contributed by atoms with E-state index in [2.05, 4.69) is 20.5 Å². The number of nitrogens with one attached hydrogen (secondary N) is 2. The van der Waals surface area contributed by atoms with Gasteiger partial charge >= 0.3 is 0 Å². The van der Waals surface area contributed by atoms with Crippen LogP contribution in [0.15, 0.2) is 0 Å². The molecule has 1 spiro atoms. The van der Waals surface area contributed by atoms with E-state index in [1.165, 1.54) is 0 Å². The molecule has 1 aromatic rings. The van der Waals surface area contributed by atoms with Crippen molar-refractivity contribution in [3.05, 3.63) is 11.1 Å². The number of likely N-dealkylation sites (tertiary alicyclic amines) is 1. The fraction of sp³-hybridized carbons (Fsp3) is 0.692. The van der Waals surface area contributed by atoms with Crippen molar-refractivity contribution in [1.29, 1.82) is 0 Å². The van der Waals surface area contributed by atoms with Crippen molar-refractivity contribution >= 4 is 23.4 Å². The van der Waals surface area contributed by atoms with Gasteiger partial charge in [0.2, 0.25) is 17.1 Å². The standard InChI is InChI=1S/C13H18ClN5O3/c14-12-16-9(17-18-12)1-2-11(21)19-5-3-13(4-6-19)8-15-10(20)7-22-13/h1-8H2,(H,15,20)(H,16,17,18). The second-order valence-electron chi connectivity index (χ2n) is 5.68. The van der Waals surface area contributed by atoms with Crippen molar-refractivity contribution in [3.63, 3.8) is 0 Å². The van der Waals surface area contributed by atoms with Crippen LogP contribution in [0, 0.1) is 0 Å². The van der Waals surface area contributed by atoms with Crippen LogP contribution < -0.4 is 5.32 Å². The highest BCUT2D eigenvalue weighted by molar-refractivity contribution is 6.28. The Kier molecular flexibility index (Phi) is 4.30. The third kappa shape index (κ3) is 3.38. The van der Waals surface area contributed by atoms with Gasteiger partial charge in [-0.15, -0.1) is 5.10 Å². The molecular weight excluding hydrogens is 310 g/mol. The van der Waals surface area contributed by atoms with E-state index in [0.717, 1.165) is 12.8 Å². The van der Waals surface area contributed by atoms with Gasteiger partial charge in [0.1, 0.15) is 12.4 Å². The largest absolute Gasteiger partial charge is 0.363 e. The number of ether oxygens (including phenoxy) is 1. The van der Waals surface area contributed by atoms with Crippen LogP contribution in [-0.2, 0) is 20.7 Å². The fourth-order valence-electron chi connectivity index (χ4n) is 2.83. The average Bonchev–Trinajstić information content (AvgIpc) is 2.94. The van der Waals surface area contributed by atoms with Crippen molar-refractivity contribution in [2.24, 2.45) is 0 Å². The maximum atomic E-state index is 12.2. The van der Waals surface area contributed by atoms with E-state index in [4.69, 9.17) is 16.3 Å². The lowest BCUT2D eigenvalue weighted by atomic mass is 9.90. The van der Waals surface area contributed by atoms with Crippen LogP contribution in [0.3, 0.4) is 0 Å². The lowest BCUT2D eigenvalue weighted by Crippen LogP contribution is -2.58. The molecule has 0 atom stereocenters. The number of aryl methyl sites for hydroxylation is 1. The Bertz CT molecular complexity index is 556. The predicted octanol–water partition coefficient (Wildman–Crippen LogP) is -0.102. The Morgan fingerprint density at radius 3 is 2.77 bits per heavy atom. The molecule has 2 N–H and O–H groups in total. The van der Waals surface area contributed by atoms with E-state index in [1.807, 2.05) is 4.90 Å². The molecule has 2 fully saturated rings. The fourth-order valence-corrected chi connectivity index (χ4v) is 2.98. The molecule has 3 heterocycles. The number of aromatic amines is 1. The highest BCUT2D eigenvalue weighted by atomic mass is 35.5. The maximum absolute atomic E-state index is 12.2. The highest BCUT2D eigenvalue weighted by Crippen LogP contribution is 2.28. The van der Waals surface area contributed by atoms with Gasteiger partial charge in [0, 0.05) is 32.5 Å². The van der Waals surface area contributed by atoms with E-state index in [9.17, 15) is 9.59 Å². The number of hydrogen-bond acceptors (Lipinski definition) is 5. The van der Waals surface area contributed by atoms with Gasteiger partial charge in [-0.2, -0.15) is 0 Å². The second kappa shape index (κ2) is 6.21. The number of hydrogen-bond donors (Lipinski definition) is 2. The quantitative estimate of drug-likeness (QED) is 0.807. The molecular formula is C13H18ClN5O3. The van der Waals surface area contributed by atoms with Gasteiger partial charge in [-0.25, -0.2) is 4.98 Å². The topological polar surface area (TPSA) is 100 Å². The summed E-state index contributed by atoms with van der Waals surface area (Å²) in [7, 11) is 0. The van der Waals surface area contributed by atoms with Crippen LogP contribution in [-0.4, -0.2) is 63.7 Å². The number of halogens is 1. The molecule has 0 radical (unpaired) electrons. The van der Waals surface area contributed by atoms with Gasteiger partial charge in [0.15, 0.2) is 0 Å². The van der Waals surface area contributed by atoms with Crippen molar-refractivity contribution in [2.75, 3.05) is 26.2 Å². The molecule has 0 aromatic carbocycles. The molecule has 0 saturated carbocycles. The molecule has 120 valence electrons. The first-order chi connectivity index (χ1) is 10.6. The summed E-state index contributed by atoms with van der Waals surface area (Å²) in [5.41, 5.74) is -0.302. The number of piperidine rings is 1. The molecule has 2 aliphatic rings. The first-order valence-electron chi connectivity index (χ1n) is 7.32. The van der Waals surface area contributed by atoms with Crippen molar-refractivity contribution < 1.29 is 14.3 Å². The van der Waals surface area contributed by atoms with E-state index >= 15 is 0 Å². The van der Waals surface area contributed by atoms with E-state index in [-0.39, 0.29) is 29.3 Å². The predicted molar refractivity (Wildman–Crippen MR) is 77.2 cm³/mol. The van der Waals surface area contributed by atoms with Crippen LogP contribution in [0.5, 0.6) is 0 Å². The minimum Gasteiger partial charge on any atom is -0.363 e. The van der Waals surface area contributed by atoms with Crippen molar-refractivity contribution in [2.45, 2.75) is 31.3 Å². The number of carbonyl (C=O) groups excluding carboxylic acids is 2. The Morgan fingerprint density at radius 1 is 1.41 bits per heavy atom. The van der Waals surface area contributed by atoms with Crippen molar-refractivity contribution in [3.8, 4) is 0 Å². The number of nitrogens with zero attached hydrogens (tertiary/aromatic N) is 3. The average molecular weight is 328 g/mol. The minimum atomic E-state index is -0.302. The Hall–Kier alpha value is -1.67. The first-order valence-corrected chi connectivity index (χ1v) is 7.69. The van der Waals surface area contributed by atoms with Crippen LogP contribution >= 0.6 is 11.6 Å². The van der Waals surface area contributed by atoms with E-state index in [0.29, 0.717) is 38.3 Å². The second-order valence-corrected chi connectivity index (χ2v) is 6.02.